The Kier molecular flexibility index (Phi) is 7.43. The minimum absolute atomic E-state index is 0. The van der Waals surface area contributed by atoms with Crippen LogP contribution in [0.4, 0.5) is 0 Å². The molecule has 0 bridgehead atoms. The molecule has 0 saturated heterocycles. The van der Waals surface area contributed by atoms with Crippen LogP contribution < -0.4 is 10.6 Å². The summed E-state index contributed by atoms with van der Waals surface area (Å²) in [5.41, 5.74) is 1.30. The van der Waals surface area contributed by atoms with E-state index in [0.29, 0.717) is 0 Å². The molecule has 5 heteroatoms. The first-order chi connectivity index (χ1) is 9.35. The highest BCUT2D eigenvalue weighted by molar-refractivity contribution is 14.0. The van der Waals surface area contributed by atoms with Gasteiger partial charge in [-0.05, 0) is 30.9 Å². The summed E-state index contributed by atoms with van der Waals surface area (Å²) in [6, 6.07) is 10.6. The third-order valence-electron chi connectivity index (χ3n) is 3.12. The normalized spacial score (nSPS) is 11.2. The Morgan fingerprint density at radius 1 is 1.20 bits per heavy atom. The molecule has 1 aromatic heterocycles. The van der Waals surface area contributed by atoms with Crippen molar-refractivity contribution in [3.8, 4) is 0 Å². The maximum atomic E-state index is 4.15. The molecule has 0 spiro atoms. The number of rotatable bonds is 5. The largest absolute Gasteiger partial charge is 0.357 e. The molecule has 0 unspecified atom stereocenters. The van der Waals surface area contributed by atoms with Gasteiger partial charge in [-0.15, -0.1) is 24.0 Å². The van der Waals surface area contributed by atoms with Gasteiger partial charge in [0.15, 0.2) is 5.96 Å². The molecule has 0 saturated carbocycles. The molecule has 0 fully saturated rings. The third kappa shape index (κ3) is 4.40. The number of benzene rings is 1. The summed E-state index contributed by atoms with van der Waals surface area (Å²) >= 11 is 0. The zero-order chi connectivity index (χ0) is 13.5. The first kappa shape index (κ1) is 16.8. The fraction of sp³-hybridized carbons (Fsp3) is 0.400. The van der Waals surface area contributed by atoms with Crippen molar-refractivity contribution in [3.05, 3.63) is 36.5 Å². The molecule has 0 amide bonds. The molecule has 1 heterocycles. The monoisotopic (exact) mass is 386 g/mol. The fourth-order valence-corrected chi connectivity index (χ4v) is 2.18. The minimum atomic E-state index is 0. The number of aryl methyl sites for hydroxylation is 1. The molecule has 4 nitrogen and oxygen atoms in total. The molecule has 2 N–H and O–H groups in total. The van der Waals surface area contributed by atoms with Crippen LogP contribution in [0.5, 0.6) is 0 Å². The first-order valence-corrected chi connectivity index (χ1v) is 6.83. The van der Waals surface area contributed by atoms with Gasteiger partial charge in [0.05, 0.1) is 0 Å². The molecule has 110 valence electrons. The van der Waals surface area contributed by atoms with Gasteiger partial charge in [0.2, 0.25) is 0 Å². The van der Waals surface area contributed by atoms with Gasteiger partial charge < -0.3 is 15.2 Å². The Hall–Kier alpha value is -1.24. The van der Waals surface area contributed by atoms with Crippen LogP contribution in [0.3, 0.4) is 0 Å². The molecule has 0 radical (unpaired) electrons. The summed E-state index contributed by atoms with van der Waals surface area (Å²) in [5.74, 6) is 0.875. The number of hydrogen-bond acceptors (Lipinski definition) is 1. The number of fused-ring (bicyclic) bond motifs is 1. The second-order valence-electron chi connectivity index (χ2n) is 4.45. The van der Waals surface area contributed by atoms with Gasteiger partial charge in [-0.25, -0.2) is 0 Å². The summed E-state index contributed by atoms with van der Waals surface area (Å²) in [5, 5.41) is 7.80. The van der Waals surface area contributed by atoms with E-state index < -0.39 is 0 Å². The van der Waals surface area contributed by atoms with Crippen molar-refractivity contribution in [1.29, 1.82) is 0 Å². The maximum absolute atomic E-state index is 4.15. The van der Waals surface area contributed by atoms with Gasteiger partial charge >= 0.3 is 0 Å². The Bertz CT molecular complexity index is 548. The van der Waals surface area contributed by atoms with E-state index in [2.05, 4.69) is 63.6 Å². The SMILES string of the molecule is CCNC(=NC)NCCCn1ccc2ccccc21.I. The van der Waals surface area contributed by atoms with Crippen LogP contribution in [0.2, 0.25) is 0 Å². The molecular weight excluding hydrogens is 363 g/mol. The minimum Gasteiger partial charge on any atom is -0.357 e. The van der Waals surface area contributed by atoms with E-state index in [0.717, 1.165) is 32.0 Å². The quantitative estimate of drug-likeness (QED) is 0.359. The third-order valence-corrected chi connectivity index (χ3v) is 3.12. The van der Waals surface area contributed by atoms with Gasteiger partial charge in [0, 0.05) is 38.4 Å². The predicted octanol–water partition coefficient (Wildman–Crippen LogP) is 2.83. The number of guanidine groups is 1. The molecule has 20 heavy (non-hydrogen) atoms. The number of para-hydroxylation sites is 1. The number of nitrogens with one attached hydrogen (secondary N) is 2. The van der Waals surface area contributed by atoms with E-state index in [4.69, 9.17) is 0 Å². The van der Waals surface area contributed by atoms with E-state index in [9.17, 15) is 0 Å². The number of aromatic nitrogens is 1. The van der Waals surface area contributed by atoms with Gasteiger partial charge in [-0.3, -0.25) is 4.99 Å². The van der Waals surface area contributed by atoms with Crippen LogP contribution in [0.15, 0.2) is 41.5 Å². The standard InChI is InChI=1S/C15H22N4.HI/c1-3-17-15(16-2)18-10-6-11-19-12-9-13-7-4-5-8-14(13)19;/h4-5,7-9,12H,3,6,10-11H2,1-2H3,(H2,16,17,18);1H. The van der Waals surface area contributed by atoms with E-state index in [1.807, 2.05) is 0 Å². The lowest BCUT2D eigenvalue weighted by Gasteiger charge is -2.10. The van der Waals surface area contributed by atoms with Crippen LogP contribution in [-0.2, 0) is 6.54 Å². The average molecular weight is 386 g/mol. The van der Waals surface area contributed by atoms with Crippen molar-refractivity contribution in [2.24, 2.45) is 4.99 Å². The molecule has 0 aliphatic rings. The first-order valence-electron chi connectivity index (χ1n) is 6.83. The molecule has 1 aromatic carbocycles. The second-order valence-corrected chi connectivity index (χ2v) is 4.45. The number of nitrogens with zero attached hydrogens (tertiary/aromatic N) is 2. The number of aliphatic imine (C=N–C) groups is 1. The molecule has 0 aliphatic heterocycles. The van der Waals surface area contributed by atoms with Crippen molar-refractivity contribution in [3.63, 3.8) is 0 Å². The Balaban J connectivity index is 0.00000200. The van der Waals surface area contributed by atoms with Gasteiger partial charge in [0.25, 0.3) is 0 Å². The summed E-state index contributed by atoms with van der Waals surface area (Å²) in [7, 11) is 1.80. The topological polar surface area (TPSA) is 41.4 Å². The van der Waals surface area contributed by atoms with Crippen LogP contribution in [0, 0.1) is 0 Å². The highest BCUT2D eigenvalue weighted by Gasteiger charge is 1.99. The van der Waals surface area contributed by atoms with Crippen LogP contribution in [0.25, 0.3) is 10.9 Å². The molecule has 0 atom stereocenters. The van der Waals surface area contributed by atoms with Crippen LogP contribution in [-0.4, -0.2) is 30.7 Å². The molecule has 0 aliphatic carbocycles. The number of halogens is 1. The van der Waals surface area contributed by atoms with Gasteiger partial charge in [-0.1, -0.05) is 18.2 Å². The number of hydrogen-bond donors (Lipinski definition) is 2. The highest BCUT2D eigenvalue weighted by Crippen LogP contribution is 2.14. The van der Waals surface area contributed by atoms with Crippen molar-refractivity contribution in [2.75, 3.05) is 20.1 Å². The van der Waals surface area contributed by atoms with Crippen molar-refractivity contribution in [1.82, 2.24) is 15.2 Å². The highest BCUT2D eigenvalue weighted by atomic mass is 127. The molecule has 2 aromatic rings. The van der Waals surface area contributed by atoms with Crippen molar-refractivity contribution in [2.45, 2.75) is 19.9 Å². The smallest absolute Gasteiger partial charge is 0.190 e. The van der Waals surface area contributed by atoms with E-state index in [1.165, 1.54) is 10.9 Å². The zero-order valence-electron chi connectivity index (χ0n) is 12.1. The molecular formula is C15H23IN4. The van der Waals surface area contributed by atoms with Crippen molar-refractivity contribution >= 4 is 40.8 Å². The maximum Gasteiger partial charge on any atom is 0.190 e. The van der Waals surface area contributed by atoms with E-state index >= 15 is 0 Å². The van der Waals surface area contributed by atoms with E-state index in [-0.39, 0.29) is 24.0 Å². The molecule has 2 rings (SSSR count). The van der Waals surface area contributed by atoms with E-state index in [1.54, 1.807) is 7.05 Å². The lowest BCUT2D eigenvalue weighted by molar-refractivity contribution is 0.642. The van der Waals surface area contributed by atoms with Crippen LogP contribution in [0.1, 0.15) is 13.3 Å². The fourth-order valence-electron chi connectivity index (χ4n) is 2.18. The predicted molar refractivity (Wildman–Crippen MR) is 97.0 cm³/mol. The lowest BCUT2D eigenvalue weighted by Crippen LogP contribution is -2.37. The lowest BCUT2D eigenvalue weighted by atomic mass is 10.2. The summed E-state index contributed by atoms with van der Waals surface area (Å²) in [6.07, 6.45) is 3.23. The van der Waals surface area contributed by atoms with Crippen LogP contribution >= 0.6 is 24.0 Å². The van der Waals surface area contributed by atoms with Gasteiger partial charge in [-0.2, -0.15) is 0 Å². The Morgan fingerprint density at radius 2 is 2.00 bits per heavy atom. The Morgan fingerprint density at radius 3 is 2.75 bits per heavy atom. The van der Waals surface area contributed by atoms with Gasteiger partial charge in [0.1, 0.15) is 0 Å². The summed E-state index contributed by atoms with van der Waals surface area (Å²) in [6.45, 7) is 4.90. The second kappa shape index (κ2) is 8.84. The average Bonchev–Trinajstić information content (AvgIpc) is 2.85. The Labute approximate surface area is 137 Å². The summed E-state index contributed by atoms with van der Waals surface area (Å²) in [4.78, 5) is 4.15. The zero-order valence-corrected chi connectivity index (χ0v) is 14.4. The van der Waals surface area contributed by atoms with Crippen molar-refractivity contribution < 1.29 is 0 Å². The summed E-state index contributed by atoms with van der Waals surface area (Å²) < 4.78 is 2.30.